The lowest BCUT2D eigenvalue weighted by atomic mass is 9.98. The number of nitriles is 1. The van der Waals surface area contributed by atoms with E-state index >= 15 is 0 Å². The molecule has 0 bridgehead atoms. The molecule has 0 saturated carbocycles. The van der Waals surface area contributed by atoms with Crippen LogP contribution >= 0.6 is 11.6 Å². The number of piperidine rings is 1. The highest BCUT2D eigenvalue weighted by Crippen LogP contribution is 2.32. The van der Waals surface area contributed by atoms with E-state index in [2.05, 4.69) is 11.1 Å². The monoisotopic (exact) mass is 465 g/mol. The SMILES string of the molecule is CCOC(=O)[C@H]1CCCN(c2oc(-c3ccc(OCc4ccccc4Cl)cc3)nc2C#N)C1. The average Bonchev–Trinajstić information content (AvgIpc) is 3.29. The zero-order valence-corrected chi connectivity index (χ0v) is 19.0. The Balaban J connectivity index is 1.47. The van der Waals surface area contributed by atoms with Crippen molar-refractivity contribution in [3.63, 3.8) is 0 Å². The highest BCUT2D eigenvalue weighted by Gasteiger charge is 2.30. The summed E-state index contributed by atoms with van der Waals surface area (Å²) in [5.41, 5.74) is 1.83. The minimum Gasteiger partial charge on any atom is -0.489 e. The number of ether oxygens (including phenoxy) is 2. The second-order valence-corrected chi connectivity index (χ2v) is 8.13. The van der Waals surface area contributed by atoms with Crippen LogP contribution in [0.25, 0.3) is 11.5 Å². The minimum atomic E-state index is -0.242. The van der Waals surface area contributed by atoms with Gasteiger partial charge in [0.1, 0.15) is 18.4 Å². The second kappa shape index (κ2) is 10.4. The van der Waals surface area contributed by atoms with Crippen molar-refractivity contribution < 1.29 is 18.7 Å². The maximum atomic E-state index is 12.2. The number of rotatable bonds is 7. The first-order valence-electron chi connectivity index (χ1n) is 10.9. The van der Waals surface area contributed by atoms with E-state index in [1.165, 1.54) is 0 Å². The van der Waals surface area contributed by atoms with Gasteiger partial charge in [-0.1, -0.05) is 29.8 Å². The first-order chi connectivity index (χ1) is 16.1. The van der Waals surface area contributed by atoms with Gasteiger partial charge in [-0.2, -0.15) is 10.2 Å². The number of nitrogens with zero attached hydrogens (tertiary/aromatic N) is 3. The molecule has 4 rings (SSSR count). The molecule has 7 nitrogen and oxygen atoms in total. The first-order valence-corrected chi connectivity index (χ1v) is 11.3. The Bertz CT molecular complexity index is 1150. The Labute approximate surface area is 197 Å². The van der Waals surface area contributed by atoms with Crippen LogP contribution in [0.2, 0.25) is 5.02 Å². The average molecular weight is 466 g/mol. The van der Waals surface area contributed by atoms with Gasteiger partial charge in [-0.25, -0.2) is 0 Å². The lowest BCUT2D eigenvalue weighted by Crippen LogP contribution is -2.39. The molecule has 33 heavy (non-hydrogen) atoms. The fraction of sp³-hybridized carbons (Fsp3) is 0.320. The van der Waals surface area contributed by atoms with Crippen molar-refractivity contribution in [1.82, 2.24) is 4.98 Å². The van der Waals surface area contributed by atoms with Crippen LogP contribution in [0.3, 0.4) is 0 Å². The summed E-state index contributed by atoms with van der Waals surface area (Å²) in [5.74, 6) is 0.957. The number of benzene rings is 2. The second-order valence-electron chi connectivity index (χ2n) is 7.73. The van der Waals surface area contributed by atoms with Crippen molar-refractivity contribution in [2.45, 2.75) is 26.4 Å². The molecular formula is C25H24ClN3O4. The highest BCUT2D eigenvalue weighted by molar-refractivity contribution is 6.31. The topological polar surface area (TPSA) is 88.6 Å². The lowest BCUT2D eigenvalue weighted by molar-refractivity contribution is -0.148. The lowest BCUT2D eigenvalue weighted by Gasteiger charge is -2.31. The van der Waals surface area contributed by atoms with Gasteiger partial charge in [0, 0.05) is 29.2 Å². The number of oxazole rings is 1. The number of carbonyl (C=O) groups is 1. The van der Waals surface area contributed by atoms with Crippen molar-refractivity contribution in [1.29, 1.82) is 5.26 Å². The van der Waals surface area contributed by atoms with Gasteiger partial charge in [-0.15, -0.1) is 0 Å². The zero-order chi connectivity index (χ0) is 23.2. The van der Waals surface area contributed by atoms with Crippen LogP contribution in [0.1, 0.15) is 31.0 Å². The summed E-state index contributed by atoms with van der Waals surface area (Å²) in [6.07, 6.45) is 1.57. The maximum Gasteiger partial charge on any atom is 0.310 e. The highest BCUT2D eigenvalue weighted by atomic mass is 35.5. The van der Waals surface area contributed by atoms with Crippen LogP contribution in [-0.2, 0) is 16.1 Å². The van der Waals surface area contributed by atoms with Gasteiger partial charge in [0.15, 0.2) is 0 Å². The minimum absolute atomic E-state index is 0.202. The summed E-state index contributed by atoms with van der Waals surface area (Å²) >= 11 is 6.18. The van der Waals surface area contributed by atoms with E-state index in [1.54, 1.807) is 6.92 Å². The van der Waals surface area contributed by atoms with Crippen molar-refractivity contribution >= 4 is 23.5 Å². The Morgan fingerprint density at radius 3 is 2.79 bits per heavy atom. The number of hydrogen-bond donors (Lipinski definition) is 0. The molecule has 0 N–H and O–H groups in total. The fourth-order valence-corrected chi connectivity index (χ4v) is 4.00. The number of aromatic nitrogens is 1. The summed E-state index contributed by atoms with van der Waals surface area (Å²) in [4.78, 5) is 18.4. The van der Waals surface area contributed by atoms with Gasteiger partial charge in [-0.3, -0.25) is 4.79 Å². The van der Waals surface area contributed by atoms with Gasteiger partial charge in [-0.05, 0) is 50.1 Å². The number of esters is 1. The summed E-state index contributed by atoms with van der Waals surface area (Å²) < 4.78 is 17.0. The molecule has 0 aliphatic carbocycles. The van der Waals surface area contributed by atoms with Gasteiger partial charge in [0.25, 0.3) is 0 Å². The Kier molecular flexibility index (Phi) is 7.16. The Hall–Kier alpha value is -3.50. The molecule has 0 radical (unpaired) electrons. The molecule has 170 valence electrons. The Morgan fingerprint density at radius 2 is 2.06 bits per heavy atom. The van der Waals surface area contributed by atoms with E-state index < -0.39 is 0 Å². The molecule has 1 aliphatic rings. The van der Waals surface area contributed by atoms with Crippen molar-refractivity contribution in [2.75, 3.05) is 24.6 Å². The number of halogens is 1. The third-order valence-electron chi connectivity index (χ3n) is 5.50. The molecule has 0 spiro atoms. The molecule has 1 atom stereocenters. The summed E-state index contributed by atoms with van der Waals surface area (Å²) in [7, 11) is 0. The molecule has 1 fully saturated rings. The first kappa shape index (κ1) is 22.7. The van der Waals surface area contributed by atoms with E-state index in [0.717, 1.165) is 24.0 Å². The van der Waals surface area contributed by atoms with Crippen LogP contribution in [0.4, 0.5) is 5.88 Å². The van der Waals surface area contributed by atoms with Crippen LogP contribution in [0.5, 0.6) is 5.75 Å². The van der Waals surface area contributed by atoms with Crippen LogP contribution < -0.4 is 9.64 Å². The summed E-state index contributed by atoms with van der Waals surface area (Å²) in [5, 5.41) is 10.3. The van der Waals surface area contributed by atoms with Crippen molar-refractivity contribution in [3.8, 4) is 23.3 Å². The van der Waals surface area contributed by atoms with Gasteiger partial charge in [0.2, 0.25) is 17.5 Å². The van der Waals surface area contributed by atoms with E-state index in [1.807, 2.05) is 53.4 Å². The molecule has 0 unspecified atom stereocenters. The summed E-state index contributed by atoms with van der Waals surface area (Å²) in [6.45, 7) is 3.63. The fourth-order valence-electron chi connectivity index (χ4n) is 3.81. The molecule has 1 saturated heterocycles. The molecular weight excluding hydrogens is 442 g/mol. The van der Waals surface area contributed by atoms with E-state index in [4.69, 9.17) is 25.5 Å². The van der Waals surface area contributed by atoms with Crippen LogP contribution in [0.15, 0.2) is 52.9 Å². The molecule has 2 heterocycles. The number of carbonyl (C=O) groups excluding carboxylic acids is 1. The van der Waals surface area contributed by atoms with Gasteiger partial charge >= 0.3 is 5.97 Å². The predicted octanol–water partition coefficient (Wildman–Crippen LogP) is 5.23. The van der Waals surface area contributed by atoms with Crippen molar-refractivity contribution in [3.05, 3.63) is 64.8 Å². The zero-order valence-electron chi connectivity index (χ0n) is 18.3. The van der Waals surface area contributed by atoms with Crippen molar-refractivity contribution in [2.24, 2.45) is 5.92 Å². The standard InChI is InChI=1S/C25H24ClN3O4/c1-2-31-25(30)18-7-5-13-29(15-18)24-22(14-27)28-23(33-24)17-9-11-20(12-10-17)32-16-19-6-3-4-8-21(19)26/h3-4,6,8-12,18H,2,5,7,13,15-16H2,1H3/t18-/m0/s1. The van der Waals surface area contributed by atoms with Crippen LogP contribution in [0, 0.1) is 17.2 Å². The molecule has 1 aromatic heterocycles. The van der Waals surface area contributed by atoms with E-state index in [0.29, 0.717) is 48.9 Å². The molecule has 0 amide bonds. The molecule has 2 aromatic carbocycles. The number of hydrogen-bond acceptors (Lipinski definition) is 7. The molecule has 3 aromatic rings. The predicted molar refractivity (Wildman–Crippen MR) is 124 cm³/mol. The molecule has 8 heteroatoms. The van der Waals surface area contributed by atoms with Gasteiger partial charge < -0.3 is 18.8 Å². The number of anilines is 1. The maximum absolute atomic E-state index is 12.2. The van der Waals surface area contributed by atoms with E-state index in [9.17, 15) is 10.1 Å². The summed E-state index contributed by atoms with van der Waals surface area (Å²) in [6, 6.07) is 16.9. The normalized spacial score (nSPS) is 15.7. The third kappa shape index (κ3) is 5.29. The van der Waals surface area contributed by atoms with Gasteiger partial charge in [0.05, 0.1) is 12.5 Å². The molecule has 1 aliphatic heterocycles. The largest absolute Gasteiger partial charge is 0.489 e. The van der Waals surface area contributed by atoms with E-state index in [-0.39, 0.29) is 17.6 Å². The van der Waals surface area contributed by atoms with Crippen LogP contribution in [-0.4, -0.2) is 30.6 Å². The third-order valence-corrected chi connectivity index (χ3v) is 5.87. The Morgan fingerprint density at radius 1 is 1.27 bits per heavy atom. The smallest absolute Gasteiger partial charge is 0.310 e. The quantitative estimate of drug-likeness (QED) is 0.441.